The van der Waals surface area contributed by atoms with E-state index in [1.54, 1.807) is 0 Å². The predicted molar refractivity (Wildman–Crippen MR) is 81.7 cm³/mol. The Kier molecular flexibility index (Phi) is 6.62. The molecule has 1 atom stereocenters. The van der Waals surface area contributed by atoms with Crippen LogP contribution in [0.25, 0.3) is 0 Å². The van der Waals surface area contributed by atoms with Gasteiger partial charge in [0.25, 0.3) is 0 Å². The lowest BCUT2D eigenvalue weighted by Crippen LogP contribution is -2.40. The normalized spacial score (nSPS) is 13.1. The number of sulfonamides is 1. The molecule has 0 spiro atoms. The summed E-state index contributed by atoms with van der Waals surface area (Å²) < 4.78 is 31.8. The minimum absolute atomic E-state index is 0.0860. The third kappa shape index (κ3) is 4.17. The van der Waals surface area contributed by atoms with Gasteiger partial charge in [-0.2, -0.15) is 9.57 Å². The van der Waals surface area contributed by atoms with Crippen LogP contribution in [-0.2, 0) is 14.8 Å². The van der Waals surface area contributed by atoms with E-state index in [2.05, 4.69) is 0 Å². The van der Waals surface area contributed by atoms with Gasteiger partial charge >= 0.3 is 0 Å². The van der Waals surface area contributed by atoms with E-state index in [0.717, 1.165) is 0 Å². The first kappa shape index (κ1) is 17.9. The second-order valence-corrected chi connectivity index (χ2v) is 6.92. The first-order chi connectivity index (χ1) is 9.88. The van der Waals surface area contributed by atoms with Crippen LogP contribution >= 0.6 is 11.6 Å². The molecule has 0 aliphatic carbocycles. The van der Waals surface area contributed by atoms with Crippen LogP contribution in [0.4, 0.5) is 0 Å². The van der Waals surface area contributed by atoms with Gasteiger partial charge in [-0.1, -0.05) is 18.5 Å². The lowest BCUT2D eigenvalue weighted by molar-refractivity contribution is 0.167. The largest absolute Gasteiger partial charge is 0.383 e. The Morgan fingerprint density at radius 3 is 2.62 bits per heavy atom. The Morgan fingerprint density at radius 2 is 2.14 bits per heavy atom. The molecule has 0 saturated heterocycles. The molecule has 0 aliphatic heterocycles. The van der Waals surface area contributed by atoms with Gasteiger partial charge in [0.1, 0.15) is 6.07 Å². The van der Waals surface area contributed by atoms with E-state index >= 15 is 0 Å². The molecule has 0 bridgehead atoms. The summed E-state index contributed by atoms with van der Waals surface area (Å²) in [7, 11) is -2.14. The van der Waals surface area contributed by atoms with Gasteiger partial charge in [0, 0.05) is 19.7 Å². The zero-order chi connectivity index (χ0) is 16.0. The molecule has 1 aromatic rings. The molecule has 0 fully saturated rings. The van der Waals surface area contributed by atoms with E-state index in [1.165, 1.54) is 29.6 Å². The maximum absolute atomic E-state index is 12.7. The molecule has 7 heteroatoms. The highest BCUT2D eigenvalue weighted by Crippen LogP contribution is 2.24. The van der Waals surface area contributed by atoms with Crippen molar-refractivity contribution < 1.29 is 13.2 Å². The Morgan fingerprint density at radius 1 is 1.48 bits per heavy atom. The number of hydrogen-bond donors (Lipinski definition) is 0. The van der Waals surface area contributed by atoms with Crippen molar-refractivity contribution in [2.45, 2.75) is 31.2 Å². The predicted octanol–water partition coefficient (Wildman–Crippen LogP) is 2.65. The fraction of sp³-hybridized carbons (Fsp3) is 0.500. The summed E-state index contributed by atoms with van der Waals surface area (Å²) in [4.78, 5) is 0.0860. The quantitative estimate of drug-likeness (QED) is 0.770. The average molecular weight is 331 g/mol. The second kappa shape index (κ2) is 7.76. The number of hydrogen-bond acceptors (Lipinski definition) is 4. The first-order valence-corrected chi connectivity index (χ1v) is 8.40. The molecule has 0 saturated carbocycles. The van der Waals surface area contributed by atoms with Crippen LogP contribution in [0.2, 0.25) is 5.02 Å². The van der Waals surface area contributed by atoms with E-state index in [0.29, 0.717) is 13.0 Å². The minimum atomic E-state index is -3.67. The summed E-state index contributed by atoms with van der Waals surface area (Å²) in [5, 5.41) is 8.99. The average Bonchev–Trinajstić information content (AvgIpc) is 2.46. The standard InChI is InChI=1S/C14H19ClN2O3S/c1-4-11(2)17(7-8-20-3)21(18,19)13-6-5-12(10-16)14(15)9-13/h5-6,9,11H,4,7-8H2,1-3H3. The Labute approximate surface area is 131 Å². The van der Waals surface area contributed by atoms with Gasteiger partial charge in [0.15, 0.2) is 0 Å². The van der Waals surface area contributed by atoms with Crippen LogP contribution in [-0.4, -0.2) is 39.0 Å². The lowest BCUT2D eigenvalue weighted by atomic mass is 10.2. The Bertz CT molecular complexity index is 626. The number of nitrogens with zero attached hydrogens (tertiary/aromatic N) is 2. The monoisotopic (exact) mass is 330 g/mol. The Hall–Kier alpha value is -1.13. The van der Waals surface area contributed by atoms with Gasteiger partial charge in [-0.25, -0.2) is 8.42 Å². The van der Waals surface area contributed by atoms with Crippen LogP contribution in [0.15, 0.2) is 23.1 Å². The van der Waals surface area contributed by atoms with Crippen molar-refractivity contribution in [3.63, 3.8) is 0 Å². The molecule has 5 nitrogen and oxygen atoms in total. The van der Waals surface area contributed by atoms with Crippen molar-refractivity contribution in [3.05, 3.63) is 28.8 Å². The molecule has 0 radical (unpaired) electrons. The molecule has 116 valence electrons. The molecule has 0 aromatic heterocycles. The van der Waals surface area contributed by atoms with Crippen LogP contribution in [0, 0.1) is 11.3 Å². The zero-order valence-corrected chi connectivity index (χ0v) is 13.9. The van der Waals surface area contributed by atoms with Gasteiger partial charge in [0.05, 0.1) is 22.1 Å². The molecular formula is C14H19ClN2O3S. The minimum Gasteiger partial charge on any atom is -0.383 e. The van der Waals surface area contributed by atoms with Crippen LogP contribution in [0.5, 0.6) is 0 Å². The number of benzene rings is 1. The molecule has 1 aromatic carbocycles. The molecule has 1 unspecified atom stereocenters. The molecule has 0 heterocycles. The smallest absolute Gasteiger partial charge is 0.243 e. The molecule has 0 N–H and O–H groups in total. The highest BCUT2D eigenvalue weighted by Gasteiger charge is 2.28. The maximum atomic E-state index is 12.7. The van der Waals surface area contributed by atoms with Crippen LogP contribution in [0.3, 0.4) is 0 Å². The Balaban J connectivity index is 3.22. The topological polar surface area (TPSA) is 70.4 Å². The maximum Gasteiger partial charge on any atom is 0.243 e. The highest BCUT2D eigenvalue weighted by atomic mass is 35.5. The number of nitriles is 1. The summed E-state index contributed by atoms with van der Waals surface area (Å²) in [6, 6.07) is 5.90. The SMILES string of the molecule is CCC(C)N(CCOC)S(=O)(=O)c1ccc(C#N)c(Cl)c1. The van der Waals surface area contributed by atoms with Crippen molar-refractivity contribution in [2.75, 3.05) is 20.3 Å². The molecular weight excluding hydrogens is 312 g/mol. The summed E-state index contributed by atoms with van der Waals surface area (Å²) in [5.41, 5.74) is 0.252. The number of ether oxygens (including phenoxy) is 1. The molecule has 1 rings (SSSR count). The molecule has 21 heavy (non-hydrogen) atoms. The van der Waals surface area contributed by atoms with Gasteiger partial charge in [-0.05, 0) is 31.5 Å². The molecule has 0 amide bonds. The summed E-state index contributed by atoms with van der Waals surface area (Å²) >= 11 is 5.93. The third-order valence-electron chi connectivity index (χ3n) is 3.27. The highest BCUT2D eigenvalue weighted by molar-refractivity contribution is 7.89. The van der Waals surface area contributed by atoms with E-state index in [1.807, 2.05) is 19.9 Å². The van der Waals surface area contributed by atoms with Crippen molar-refractivity contribution >= 4 is 21.6 Å². The van der Waals surface area contributed by atoms with E-state index in [9.17, 15) is 8.42 Å². The fourth-order valence-corrected chi connectivity index (χ4v) is 3.85. The van der Waals surface area contributed by atoms with E-state index in [4.69, 9.17) is 21.6 Å². The number of methoxy groups -OCH3 is 1. The second-order valence-electron chi connectivity index (χ2n) is 4.62. The molecule has 0 aliphatic rings. The lowest BCUT2D eigenvalue weighted by Gasteiger charge is -2.27. The summed E-state index contributed by atoms with van der Waals surface area (Å²) in [5.74, 6) is 0. The zero-order valence-electron chi connectivity index (χ0n) is 12.3. The van der Waals surface area contributed by atoms with Gasteiger partial charge in [-0.3, -0.25) is 0 Å². The first-order valence-electron chi connectivity index (χ1n) is 6.58. The van der Waals surface area contributed by atoms with E-state index < -0.39 is 10.0 Å². The number of halogens is 1. The van der Waals surface area contributed by atoms with Crippen LogP contribution in [0.1, 0.15) is 25.8 Å². The van der Waals surface area contributed by atoms with Crippen molar-refractivity contribution in [1.29, 1.82) is 5.26 Å². The summed E-state index contributed by atoms with van der Waals surface area (Å²) in [6.45, 7) is 4.35. The van der Waals surface area contributed by atoms with Gasteiger partial charge < -0.3 is 4.74 Å². The number of rotatable bonds is 7. The van der Waals surface area contributed by atoms with Crippen molar-refractivity contribution in [3.8, 4) is 6.07 Å². The van der Waals surface area contributed by atoms with Gasteiger partial charge in [-0.15, -0.1) is 0 Å². The van der Waals surface area contributed by atoms with Gasteiger partial charge in [0.2, 0.25) is 10.0 Å². The van der Waals surface area contributed by atoms with Crippen molar-refractivity contribution in [1.82, 2.24) is 4.31 Å². The summed E-state index contributed by atoms with van der Waals surface area (Å²) in [6.07, 6.45) is 0.687. The van der Waals surface area contributed by atoms with E-state index in [-0.39, 0.29) is 28.1 Å². The fourth-order valence-electron chi connectivity index (χ4n) is 1.84. The third-order valence-corrected chi connectivity index (χ3v) is 5.59. The van der Waals surface area contributed by atoms with Crippen LogP contribution < -0.4 is 0 Å². The van der Waals surface area contributed by atoms with Crippen molar-refractivity contribution in [2.24, 2.45) is 0 Å².